The van der Waals surface area contributed by atoms with Gasteiger partial charge in [-0.2, -0.15) is 9.78 Å². The van der Waals surface area contributed by atoms with E-state index in [2.05, 4.69) is 29.8 Å². The van der Waals surface area contributed by atoms with Gasteiger partial charge in [-0.15, -0.1) is 0 Å². The Kier molecular flexibility index (Phi) is 9.44. The van der Waals surface area contributed by atoms with E-state index in [1.54, 1.807) is 19.4 Å². The van der Waals surface area contributed by atoms with Crippen molar-refractivity contribution in [3.8, 4) is 28.6 Å². The summed E-state index contributed by atoms with van der Waals surface area (Å²) in [5.74, 6) is 1.81. The van der Waals surface area contributed by atoms with Crippen LogP contribution in [0.5, 0.6) is 11.5 Å². The second-order valence-corrected chi connectivity index (χ2v) is 12.2. The fourth-order valence-electron chi connectivity index (χ4n) is 5.97. The molecule has 1 amide bonds. The summed E-state index contributed by atoms with van der Waals surface area (Å²) in [6.07, 6.45) is 1.71. The minimum absolute atomic E-state index is 0.101. The lowest BCUT2D eigenvalue weighted by atomic mass is 9.96. The normalized spacial score (nSPS) is 11.4. The molecule has 0 atom stereocenters. The maximum atomic E-state index is 13.9. The molecule has 1 N–H and O–H groups in total. The average Bonchev–Trinajstić information content (AvgIpc) is 3.39. The van der Waals surface area contributed by atoms with Crippen LogP contribution in [-0.4, -0.2) is 40.1 Å². The molecule has 4 aromatic carbocycles. The maximum Gasteiger partial charge on any atom is 0.282 e. The zero-order valence-electron chi connectivity index (χ0n) is 28.5. The van der Waals surface area contributed by atoms with Gasteiger partial charge in [-0.05, 0) is 105 Å². The Morgan fingerprint density at radius 3 is 2.37 bits per heavy atom. The molecule has 0 aliphatic carbocycles. The van der Waals surface area contributed by atoms with Crippen molar-refractivity contribution in [1.82, 2.24) is 14.2 Å². The number of hydrogen-bond donors (Lipinski definition) is 1. The van der Waals surface area contributed by atoms with Crippen LogP contribution in [0.2, 0.25) is 0 Å². The lowest BCUT2D eigenvalue weighted by Gasteiger charge is -2.17. The number of hydrogen-bond acceptors (Lipinski definition) is 6. The Bertz CT molecular complexity index is 2230. The van der Waals surface area contributed by atoms with E-state index in [4.69, 9.17) is 19.6 Å². The van der Waals surface area contributed by atoms with Crippen LogP contribution in [-0.2, 0) is 4.79 Å². The fourth-order valence-corrected chi connectivity index (χ4v) is 5.97. The van der Waals surface area contributed by atoms with Gasteiger partial charge in [0.2, 0.25) is 0 Å². The molecule has 9 nitrogen and oxygen atoms in total. The summed E-state index contributed by atoms with van der Waals surface area (Å²) in [6.45, 7) is 10.1. The maximum absolute atomic E-state index is 13.9. The Labute approximate surface area is 285 Å². The van der Waals surface area contributed by atoms with Crippen LogP contribution in [0, 0.1) is 20.8 Å². The van der Waals surface area contributed by atoms with Gasteiger partial charge in [0.15, 0.2) is 12.4 Å². The molecule has 0 aliphatic heterocycles. The predicted molar refractivity (Wildman–Crippen MR) is 196 cm³/mol. The van der Waals surface area contributed by atoms with Gasteiger partial charge in [0, 0.05) is 33.9 Å². The zero-order valence-corrected chi connectivity index (χ0v) is 28.5. The van der Waals surface area contributed by atoms with Gasteiger partial charge in [-0.3, -0.25) is 9.59 Å². The first-order valence-corrected chi connectivity index (χ1v) is 16.2. The number of para-hydroxylation sites is 2. The number of nitrogens with one attached hydrogen (secondary N) is 1. The third-order valence-corrected chi connectivity index (χ3v) is 8.50. The number of carbonyl (C=O) groups excluding carboxylic acids is 1. The summed E-state index contributed by atoms with van der Waals surface area (Å²) >= 11 is 0. The predicted octanol–water partition coefficient (Wildman–Crippen LogP) is 7.81. The molecule has 2 heterocycles. The summed E-state index contributed by atoms with van der Waals surface area (Å²) in [5, 5.41) is 8.08. The molecule has 9 heteroatoms. The number of rotatable bonds is 10. The van der Waals surface area contributed by atoms with Gasteiger partial charge in [0.25, 0.3) is 11.5 Å². The quantitative estimate of drug-likeness (QED) is 0.152. The molecule has 0 saturated heterocycles. The van der Waals surface area contributed by atoms with Crippen LogP contribution >= 0.6 is 0 Å². The summed E-state index contributed by atoms with van der Waals surface area (Å²) in [4.78, 5) is 31.2. The number of methoxy groups -OCH3 is 1. The second kappa shape index (κ2) is 14.0. The van der Waals surface area contributed by atoms with Crippen molar-refractivity contribution in [2.24, 2.45) is 5.10 Å². The molecule has 0 aliphatic rings. The Morgan fingerprint density at radius 2 is 1.65 bits per heavy atom. The SMILES string of the molecule is COc1cc(C)c(-c2nc3ccccc3c(=O)n2N=Cc2cc(C)n(-c3ccc(OCC(=O)Nc4ccccc4)cc3)c2C)cc1C(C)C. The minimum Gasteiger partial charge on any atom is -0.496 e. The summed E-state index contributed by atoms with van der Waals surface area (Å²) in [6, 6.07) is 30.2. The van der Waals surface area contributed by atoms with Crippen molar-refractivity contribution < 1.29 is 14.3 Å². The van der Waals surface area contributed by atoms with Crippen molar-refractivity contribution in [3.05, 3.63) is 135 Å². The first kappa shape index (κ1) is 33.0. The standard InChI is InChI=1S/C40H39N5O4/c1-25(2)34-22-35(26(3)20-37(34)48-6)39-43-36-15-11-10-14-33(36)40(47)45(39)41-23-29-21-27(4)44(28(29)5)31-16-18-32(19-17-31)49-24-38(46)42-30-12-8-7-9-13-30/h7-23,25H,24H2,1-6H3,(H,42,46). The lowest BCUT2D eigenvalue weighted by molar-refractivity contribution is -0.118. The summed E-state index contributed by atoms with van der Waals surface area (Å²) < 4.78 is 14.9. The van der Waals surface area contributed by atoms with E-state index in [0.717, 1.165) is 50.8 Å². The largest absolute Gasteiger partial charge is 0.496 e. The topological polar surface area (TPSA) is 99.7 Å². The highest BCUT2D eigenvalue weighted by Crippen LogP contribution is 2.34. The van der Waals surface area contributed by atoms with Gasteiger partial charge < -0.3 is 19.4 Å². The van der Waals surface area contributed by atoms with E-state index in [-0.39, 0.29) is 24.0 Å². The molecule has 49 heavy (non-hydrogen) atoms. The molecular formula is C40H39N5O4. The van der Waals surface area contributed by atoms with Gasteiger partial charge in [0.1, 0.15) is 11.5 Å². The van der Waals surface area contributed by atoms with Gasteiger partial charge in [0.05, 0.1) is 24.2 Å². The Hall–Kier alpha value is -5.96. The number of fused-ring (bicyclic) bond motifs is 1. The van der Waals surface area contributed by atoms with E-state index in [1.807, 2.05) is 106 Å². The Balaban J connectivity index is 1.30. The summed E-state index contributed by atoms with van der Waals surface area (Å²) in [5.41, 5.74) is 7.57. The van der Waals surface area contributed by atoms with Crippen molar-refractivity contribution >= 4 is 28.7 Å². The van der Waals surface area contributed by atoms with Crippen molar-refractivity contribution in [2.75, 3.05) is 19.0 Å². The third-order valence-electron chi connectivity index (χ3n) is 8.50. The van der Waals surface area contributed by atoms with Gasteiger partial charge >= 0.3 is 0 Å². The number of amides is 1. The van der Waals surface area contributed by atoms with Crippen LogP contribution in [0.3, 0.4) is 0 Å². The highest BCUT2D eigenvalue weighted by atomic mass is 16.5. The monoisotopic (exact) mass is 653 g/mol. The number of aryl methyl sites for hydroxylation is 2. The fraction of sp³-hybridized carbons (Fsp3) is 0.200. The number of benzene rings is 4. The van der Waals surface area contributed by atoms with E-state index >= 15 is 0 Å². The van der Waals surface area contributed by atoms with Crippen molar-refractivity contribution in [3.63, 3.8) is 0 Å². The number of nitrogens with zero attached hydrogens (tertiary/aromatic N) is 4. The highest BCUT2D eigenvalue weighted by molar-refractivity contribution is 5.91. The first-order valence-electron chi connectivity index (χ1n) is 16.2. The zero-order chi connectivity index (χ0) is 34.7. The second-order valence-electron chi connectivity index (χ2n) is 12.2. The number of ether oxygens (including phenoxy) is 2. The van der Waals surface area contributed by atoms with E-state index < -0.39 is 0 Å². The van der Waals surface area contributed by atoms with E-state index in [0.29, 0.717) is 22.5 Å². The van der Waals surface area contributed by atoms with E-state index in [1.165, 1.54) is 4.68 Å². The van der Waals surface area contributed by atoms with Crippen LogP contribution in [0.4, 0.5) is 5.69 Å². The van der Waals surface area contributed by atoms with Crippen molar-refractivity contribution in [1.29, 1.82) is 0 Å². The molecule has 0 radical (unpaired) electrons. The first-order chi connectivity index (χ1) is 23.6. The molecule has 6 rings (SSSR count). The van der Waals surface area contributed by atoms with Crippen molar-refractivity contribution in [2.45, 2.75) is 40.5 Å². The molecule has 248 valence electrons. The molecule has 2 aromatic heterocycles. The van der Waals surface area contributed by atoms with Crippen LogP contribution in [0.25, 0.3) is 28.0 Å². The van der Waals surface area contributed by atoms with Gasteiger partial charge in [-0.25, -0.2) is 4.98 Å². The number of carbonyl (C=O) groups is 1. The molecule has 0 fully saturated rings. The van der Waals surface area contributed by atoms with Crippen LogP contribution in [0.1, 0.15) is 47.8 Å². The molecule has 0 unspecified atom stereocenters. The smallest absolute Gasteiger partial charge is 0.282 e. The number of aromatic nitrogens is 3. The van der Waals surface area contributed by atoms with Crippen LogP contribution in [0.15, 0.2) is 107 Å². The molecular weight excluding hydrogens is 614 g/mol. The summed E-state index contributed by atoms with van der Waals surface area (Å²) in [7, 11) is 1.67. The highest BCUT2D eigenvalue weighted by Gasteiger charge is 2.19. The molecule has 6 aromatic rings. The third kappa shape index (κ3) is 6.87. The average molecular weight is 654 g/mol. The van der Waals surface area contributed by atoms with Gasteiger partial charge in [-0.1, -0.05) is 44.2 Å². The number of anilines is 1. The molecule has 0 saturated carbocycles. The minimum atomic E-state index is -0.250. The Morgan fingerprint density at radius 1 is 0.939 bits per heavy atom. The lowest BCUT2D eigenvalue weighted by Crippen LogP contribution is -2.21. The molecule has 0 bridgehead atoms. The van der Waals surface area contributed by atoms with E-state index in [9.17, 15) is 9.59 Å². The van der Waals surface area contributed by atoms with Crippen LogP contribution < -0.4 is 20.3 Å². The molecule has 0 spiro atoms.